The van der Waals surface area contributed by atoms with E-state index < -0.39 is 0 Å². The van der Waals surface area contributed by atoms with Crippen molar-refractivity contribution in [2.75, 3.05) is 0 Å². The molecule has 12 heavy (non-hydrogen) atoms. The number of hydrogen-bond acceptors (Lipinski definition) is 3. The second kappa shape index (κ2) is 2.34. The van der Waals surface area contributed by atoms with E-state index in [0.717, 1.165) is 0 Å². The summed E-state index contributed by atoms with van der Waals surface area (Å²) in [5, 5.41) is 15.8. The highest BCUT2D eigenvalue weighted by atomic mass is 16.3. The zero-order valence-corrected chi connectivity index (χ0v) is 6.11. The first-order valence-electron chi connectivity index (χ1n) is 3.44. The smallest absolute Gasteiger partial charge is 0.208 e. The molecule has 0 saturated heterocycles. The highest BCUT2D eigenvalue weighted by molar-refractivity contribution is 5.78. The molecule has 1 aromatic heterocycles. The minimum absolute atomic E-state index is 0.0826. The SMILES string of the molecule is O=c1cn[nH]c2ccc(O)cc12. The second-order valence-electron chi connectivity index (χ2n) is 2.46. The Morgan fingerprint density at radius 1 is 1.42 bits per heavy atom. The Morgan fingerprint density at radius 3 is 3.08 bits per heavy atom. The molecule has 1 aromatic carbocycles. The van der Waals surface area contributed by atoms with E-state index in [0.29, 0.717) is 10.9 Å². The Hall–Kier alpha value is -1.84. The van der Waals surface area contributed by atoms with Gasteiger partial charge in [0.25, 0.3) is 0 Å². The molecule has 1 heterocycles. The van der Waals surface area contributed by atoms with Crippen molar-refractivity contribution >= 4 is 10.9 Å². The molecule has 2 N–H and O–H groups in total. The summed E-state index contributed by atoms with van der Waals surface area (Å²) in [5.41, 5.74) is 0.431. The van der Waals surface area contributed by atoms with Gasteiger partial charge in [0, 0.05) is 0 Å². The van der Waals surface area contributed by atoms with Crippen molar-refractivity contribution in [2.24, 2.45) is 0 Å². The van der Waals surface area contributed by atoms with Gasteiger partial charge in [0.1, 0.15) is 5.75 Å². The predicted octanol–water partition coefficient (Wildman–Crippen LogP) is 0.629. The van der Waals surface area contributed by atoms with Crippen LogP contribution in [0.2, 0.25) is 0 Å². The van der Waals surface area contributed by atoms with Gasteiger partial charge in [-0.15, -0.1) is 0 Å². The fourth-order valence-electron chi connectivity index (χ4n) is 1.06. The molecule has 60 valence electrons. The first-order valence-corrected chi connectivity index (χ1v) is 3.44. The van der Waals surface area contributed by atoms with Gasteiger partial charge >= 0.3 is 0 Å². The Bertz CT molecular complexity index is 476. The molecule has 0 atom stereocenters. The van der Waals surface area contributed by atoms with Crippen LogP contribution in [0.4, 0.5) is 0 Å². The molecule has 0 saturated carbocycles. The lowest BCUT2D eigenvalue weighted by atomic mass is 10.2. The number of aromatic amines is 1. The molecule has 0 unspecified atom stereocenters. The van der Waals surface area contributed by atoms with Crippen molar-refractivity contribution in [3.8, 4) is 5.75 Å². The van der Waals surface area contributed by atoms with Crippen LogP contribution >= 0.6 is 0 Å². The maximum atomic E-state index is 11.1. The van der Waals surface area contributed by atoms with Crippen molar-refractivity contribution in [3.05, 3.63) is 34.6 Å². The van der Waals surface area contributed by atoms with E-state index in [1.54, 1.807) is 6.07 Å². The van der Waals surface area contributed by atoms with Crippen LogP contribution in [0.15, 0.2) is 29.2 Å². The van der Waals surface area contributed by atoms with Gasteiger partial charge in [-0.25, -0.2) is 0 Å². The van der Waals surface area contributed by atoms with Gasteiger partial charge in [-0.05, 0) is 18.2 Å². The van der Waals surface area contributed by atoms with Crippen LogP contribution in [0, 0.1) is 0 Å². The molecule has 0 aliphatic carbocycles. The summed E-state index contributed by atoms with van der Waals surface area (Å²) in [6, 6.07) is 4.52. The average Bonchev–Trinajstić information content (AvgIpc) is 2.07. The Morgan fingerprint density at radius 2 is 2.25 bits per heavy atom. The van der Waals surface area contributed by atoms with Gasteiger partial charge < -0.3 is 5.11 Å². The summed E-state index contributed by atoms with van der Waals surface area (Å²) in [5.74, 6) is 0.0826. The third-order valence-electron chi connectivity index (χ3n) is 1.64. The number of fused-ring (bicyclic) bond motifs is 1. The van der Waals surface area contributed by atoms with Crippen molar-refractivity contribution in [1.29, 1.82) is 0 Å². The van der Waals surface area contributed by atoms with Gasteiger partial charge in [0.05, 0.1) is 17.1 Å². The summed E-state index contributed by atoms with van der Waals surface area (Å²) in [6.07, 6.45) is 1.18. The fourth-order valence-corrected chi connectivity index (χ4v) is 1.06. The van der Waals surface area contributed by atoms with Gasteiger partial charge in [-0.2, -0.15) is 5.10 Å². The molecule has 0 aliphatic heterocycles. The number of nitrogens with zero attached hydrogens (tertiary/aromatic N) is 1. The first kappa shape index (κ1) is 6.84. The molecular weight excluding hydrogens is 156 g/mol. The lowest BCUT2D eigenvalue weighted by molar-refractivity contribution is 0.476. The lowest BCUT2D eigenvalue weighted by Gasteiger charge is -1.95. The van der Waals surface area contributed by atoms with Crippen LogP contribution in [0.3, 0.4) is 0 Å². The fraction of sp³-hybridized carbons (Fsp3) is 0. The van der Waals surface area contributed by atoms with E-state index in [4.69, 9.17) is 5.11 Å². The zero-order chi connectivity index (χ0) is 8.55. The molecule has 0 aliphatic rings. The van der Waals surface area contributed by atoms with Gasteiger partial charge in [0.15, 0.2) is 0 Å². The summed E-state index contributed by atoms with van der Waals surface area (Å²) < 4.78 is 0. The summed E-state index contributed by atoms with van der Waals surface area (Å²) in [7, 11) is 0. The number of aromatic hydroxyl groups is 1. The molecular formula is C8H6N2O2. The van der Waals surface area contributed by atoms with Crippen molar-refractivity contribution < 1.29 is 5.11 Å². The first-order chi connectivity index (χ1) is 5.77. The highest BCUT2D eigenvalue weighted by Crippen LogP contribution is 2.13. The van der Waals surface area contributed by atoms with E-state index in [1.165, 1.54) is 18.3 Å². The number of phenols is 1. The number of hydrogen-bond donors (Lipinski definition) is 2. The molecule has 2 aromatic rings. The quantitative estimate of drug-likeness (QED) is 0.597. The zero-order valence-electron chi connectivity index (χ0n) is 6.11. The number of rotatable bonds is 0. The van der Waals surface area contributed by atoms with E-state index >= 15 is 0 Å². The van der Waals surface area contributed by atoms with E-state index in [9.17, 15) is 4.79 Å². The maximum Gasteiger partial charge on any atom is 0.208 e. The molecule has 0 amide bonds. The van der Waals surface area contributed by atoms with Gasteiger partial charge in [0.2, 0.25) is 5.43 Å². The summed E-state index contributed by atoms with van der Waals surface area (Å²) in [4.78, 5) is 11.1. The molecule has 4 heteroatoms. The number of phenolic OH excluding ortho intramolecular Hbond substituents is 1. The number of benzene rings is 1. The minimum atomic E-state index is -0.195. The summed E-state index contributed by atoms with van der Waals surface area (Å²) in [6.45, 7) is 0. The van der Waals surface area contributed by atoms with Crippen LogP contribution in [-0.4, -0.2) is 15.3 Å². The second-order valence-corrected chi connectivity index (χ2v) is 2.46. The Kier molecular flexibility index (Phi) is 1.33. The van der Waals surface area contributed by atoms with Gasteiger partial charge in [-0.3, -0.25) is 9.89 Å². The van der Waals surface area contributed by atoms with Crippen molar-refractivity contribution in [2.45, 2.75) is 0 Å². The third kappa shape index (κ3) is 0.934. The molecule has 4 nitrogen and oxygen atoms in total. The topological polar surface area (TPSA) is 66.0 Å². The van der Waals surface area contributed by atoms with Crippen molar-refractivity contribution in [1.82, 2.24) is 10.2 Å². The number of aromatic nitrogens is 2. The Labute approximate surface area is 67.5 Å². The van der Waals surface area contributed by atoms with E-state index in [-0.39, 0.29) is 11.2 Å². The van der Waals surface area contributed by atoms with E-state index in [2.05, 4.69) is 10.2 Å². The monoisotopic (exact) mass is 162 g/mol. The molecule has 0 bridgehead atoms. The minimum Gasteiger partial charge on any atom is -0.508 e. The van der Waals surface area contributed by atoms with Crippen LogP contribution in [0.25, 0.3) is 10.9 Å². The largest absolute Gasteiger partial charge is 0.508 e. The summed E-state index contributed by atoms with van der Waals surface area (Å²) >= 11 is 0. The van der Waals surface area contributed by atoms with Gasteiger partial charge in [-0.1, -0.05) is 0 Å². The molecule has 0 fully saturated rings. The maximum absolute atomic E-state index is 11.1. The third-order valence-corrected chi connectivity index (χ3v) is 1.64. The standard InChI is InChI=1S/C8H6N2O2/c11-5-1-2-7-6(3-5)8(12)4-9-10-7/h1-4,11H,(H,10,12). The molecule has 0 spiro atoms. The average molecular weight is 162 g/mol. The van der Waals surface area contributed by atoms with Crippen LogP contribution < -0.4 is 5.43 Å². The normalized spacial score (nSPS) is 10.3. The predicted molar refractivity (Wildman–Crippen MR) is 44.0 cm³/mol. The lowest BCUT2D eigenvalue weighted by Crippen LogP contribution is -2.02. The number of nitrogens with one attached hydrogen (secondary N) is 1. The van der Waals surface area contributed by atoms with Crippen LogP contribution in [0.5, 0.6) is 5.75 Å². The van der Waals surface area contributed by atoms with Crippen LogP contribution in [-0.2, 0) is 0 Å². The number of H-pyrrole nitrogens is 1. The van der Waals surface area contributed by atoms with Crippen molar-refractivity contribution in [3.63, 3.8) is 0 Å². The Balaban J connectivity index is 2.98. The highest BCUT2D eigenvalue weighted by Gasteiger charge is 1.98. The van der Waals surface area contributed by atoms with Crippen LogP contribution in [0.1, 0.15) is 0 Å². The molecule has 0 radical (unpaired) electrons. The molecule has 2 rings (SSSR count). The van der Waals surface area contributed by atoms with E-state index in [1.807, 2.05) is 0 Å².